The van der Waals surface area contributed by atoms with Gasteiger partial charge < -0.3 is 14.4 Å². The molecule has 0 aliphatic carbocycles. The summed E-state index contributed by atoms with van der Waals surface area (Å²) in [5.41, 5.74) is 4.82. The number of ether oxygens (including phenoxy) is 2. The van der Waals surface area contributed by atoms with Gasteiger partial charge >= 0.3 is 0 Å². The van der Waals surface area contributed by atoms with E-state index >= 15 is 0 Å². The molecule has 1 saturated heterocycles. The van der Waals surface area contributed by atoms with Crippen LogP contribution in [0.2, 0.25) is 0 Å². The van der Waals surface area contributed by atoms with Crippen LogP contribution in [0.4, 0.5) is 5.69 Å². The Labute approximate surface area is 189 Å². The highest BCUT2D eigenvalue weighted by molar-refractivity contribution is 6.31. The standard InChI is InChI=1S/C25H31N3O4/c1-5-15-31-22-13-12-19(23(18(22)2)32-16-9-14-27(3)4)17-21-24(29)26-28(25(21)30)20-10-7-6-8-11-20/h6-8,10-13,17H,5,9,14-16H2,1-4H3,(H,26,29)/b21-17+. The molecule has 2 amide bonds. The molecule has 1 N–H and O–H groups in total. The lowest BCUT2D eigenvalue weighted by Crippen LogP contribution is -2.35. The van der Waals surface area contributed by atoms with E-state index in [2.05, 4.69) is 17.2 Å². The van der Waals surface area contributed by atoms with Gasteiger partial charge in [-0.05, 0) is 64.2 Å². The molecule has 0 saturated carbocycles. The van der Waals surface area contributed by atoms with Crippen LogP contribution in [-0.2, 0) is 9.59 Å². The van der Waals surface area contributed by atoms with E-state index in [4.69, 9.17) is 9.47 Å². The van der Waals surface area contributed by atoms with Crippen molar-refractivity contribution in [3.8, 4) is 11.5 Å². The average molecular weight is 438 g/mol. The Morgan fingerprint density at radius 1 is 1.03 bits per heavy atom. The highest BCUT2D eigenvalue weighted by Gasteiger charge is 2.34. The van der Waals surface area contributed by atoms with Gasteiger partial charge in [0.2, 0.25) is 0 Å². The first-order chi connectivity index (χ1) is 15.4. The Hall–Kier alpha value is -3.32. The SMILES string of the molecule is CCCOc1ccc(/C=C2\C(=O)NN(c3ccccc3)C2=O)c(OCCCN(C)C)c1C. The van der Waals surface area contributed by atoms with Gasteiger partial charge in [0.1, 0.15) is 17.1 Å². The summed E-state index contributed by atoms with van der Waals surface area (Å²) in [7, 11) is 4.03. The largest absolute Gasteiger partial charge is 0.493 e. The molecule has 0 atom stereocenters. The van der Waals surface area contributed by atoms with Crippen LogP contribution >= 0.6 is 0 Å². The minimum atomic E-state index is -0.443. The molecule has 32 heavy (non-hydrogen) atoms. The van der Waals surface area contributed by atoms with Gasteiger partial charge in [0.15, 0.2) is 0 Å². The smallest absolute Gasteiger partial charge is 0.282 e. The molecule has 2 aromatic carbocycles. The number of anilines is 1. The van der Waals surface area contributed by atoms with Crippen LogP contribution in [0, 0.1) is 6.92 Å². The average Bonchev–Trinajstić information content (AvgIpc) is 3.06. The van der Waals surface area contributed by atoms with Crippen LogP contribution < -0.4 is 19.9 Å². The van der Waals surface area contributed by atoms with E-state index in [1.807, 2.05) is 51.4 Å². The number of rotatable bonds is 10. The number of hydrogen-bond acceptors (Lipinski definition) is 5. The summed E-state index contributed by atoms with van der Waals surface area (Å²) in [5.74, 6) is 0.526. The lowest BCUT2D eigenvalue weighted by molar-refractivity contribution is -0.117. The molecule has 0 spiro atoms. The summed E-state index contributed by atoms with van der Waals surface area (Å²) in [5, 5.41) is 1.26. The lowest BCUT2D eigenvalue weighted by atomic mass is 10.0. The summed E-state index contributed by atoms with van der Waals surface area (Å²) in [4.78, 5) is 27.7. The molecular weight excluding hydrogens is 406 g/mol. The number of amides is 2. The fraction of sp³-hybridized carbons (Fsp3) is 0.360. The van der Waals surface area contributed by atoms with Crippen molar-refractivity contribution in [1.82, 2.24) is 10.3 Å². The van der Waals surface area contributed by atoms with Crippen LogP contribution in [-0.4, -0.2) is 50.6 Å². The van der Waals surface area contributed by atoms with Crippen molar-refractivity contribution in [3.05, 3.63) is 59.2 Å². The second kappa shape index (κ2) is 10.8. The van der Waals surface area contributed by atoms with E-state index in [9.17, 15) is 9.59 Å². The fourth-order valence-corrected chi connectivity index (χ4v) is 3.39. The first-order valence-corrected chi connectivity index (χ1v) is 10.9. The van der Waals surface area contributed by atoms with E-state index in [-0.39, 0.29) is 5.57 Å². The molecule has 7 heteroatoms. The number of para-hydroxylation sites is 1. The van der Waals surface area contributed by atoms with Crippen molar-refractivity contribution in [2.24, 2.45) is 0 Å². The quantitative estimate of drug-likeness (QED) is 0.350. The van der Waals surface area contributed by atoms with Gasteiger partial charge in [-0.15, -0.1) is 0 Å². The molecule has 1 aliphatic rings. The maximum Gasteiger partial charge on any atom is 0.282 e. The van der Waals surface area contributed by atoms with E-state index in [0.717, 1.165) is 30.7 Å². The minimum Gasteiger partial charge on any atom is -0.493 e. The fourth-order valence-electron chi connectivity index (χ4n) is 3.39. The molecule has 1 fully saturated rings. The van der Waals surface area contributed by atoms with Gasteiger partial charge in [-0.2, -0.15) is 0 Å². The normalized spacial score (nSPS) is 14.9. The van der Waals surface area contributed by atoms with E-state index in [1.165, 1.54) is 5.01 Å². The molecule has 2 aromatic rings. The molecule has 0 radical (unpaired) electrons. The first-order valence-electron chi connectivity index (χ1n) is 10.9. The van der Waals surface area contributed by atoms with Crippen LogP contribution in [0.5, 0.6) is 11.5 Å². The second-order valence-electron chi connectivity index (χ2n) is 7.94. The highest BCUT2D eigenvalue weighted by Crippen LogP contribution is 2.34. The summed E-state index contributed by atoms with van der Waals surface area (Å²) in [6.45, 7) is 6.00. The Morgan fingerprint density at radius 3 is 2.47 bits per heavy atom. The molecule has 1 aliphatic heterocycles. The molecule has 3 rings (SSSR count). The zero-order valence-electron chi connectivity index (χ0n) is 19.2. The monoisotopic (exact) mass is 437 g/mol. The van der Waals surface area contributed by atoms with Gasteiger partial charge in [0, 0.05) is 17.7 Å². The molecule has 0 bridgehead atoms. The number of hydrogen-bond donors (Lipinski definition) is 1. The summed E-state index contributed by atoms with van der Waals surface area (Å²) in [6.07, 6.45) is 3.34. The third kappa shape index (κ3) is 5.48. The lowest BCUT2D eigenvalue weighted by Gasteiger charge is -2.17. The van der Waals surface area contributed by atoms with Crippen LogP contribution in [0.1, 0.15) is 30.9 Å². The van der Waals surface area contributed by atoms with E-state index in [0.29, 0.717) is 30.2 Å². The van der Waals surface area contributed by atoms with Crippen LogP contribution in [0.3, 0.4) is 0 Å². The number of benzene rings is 2. The van der Waals surface area contributed by atoms with Crippen molar-refractivity contribution >= 4 is 23.6 Å². The number of nitrogens with zero attached hydrogens (tertiary/aromatic N) is 2. The highest BCUT2D eigenvalue weighted by atomic mass is 16.5. The maximum atomic E-state index is 13.0. The third-order valence-electron chi connectivity index (χ3n) is 5.05. The maximum absolute atomic E-state index is 13.0. The summed E-state index contributed by atoms with van der Waals surface area (Å²) >= 11 is 0. The van der Waals surface area contributed by atoms with Crippen LogP contribution in [0.25, 0.3) is 6.08 Å². The Balaban J connectivity index is 1.91. The molecule has 0 unspecified atom stereocenters. The van der Waals surface area contributed by atoms with Gasteiger partial charge in [-0.25, -0.2) is 5.01 Å². The van der Waals surface area contributed by atoms with Crippen molar-refractivity contribution in [1.29, 1.82) is 0 Å². The summed E-state index contributed by atoms with van der Waals surface area (Å²) < 4.78 is 12.0. The third-order valence-corrected chi connectivity index (χ3v) is 5.05. The van der Waals surface area contributed by atoms with Gasteiger partial charge in [-0.1, -0.05) is 25.1 Å². The molecule has 170 valence electrons. The van der Waals surface area contributed by atoms with Crippen molar-refractivity contribution in [2.45, 2.75) is 26.7 Å². The van der Waals surface area contributed by atoms with Gasteiger partial charge in [0.05, 0.1) is 18.9 Å². The molecule has 0 aromatic heterocycles. The predicted octanol–water partition coefficient (Wildman–Crippen LogP) is 3.58. The number of nitrogens with one attached hydrogen (secondary N) is 1. The molecular formula is C25H31N3O4. The van der Waals surface area contributed by atoms with Gasteiger partial charge in [0.25, 0.3) is 11.8 Å². The van der Waals surface area contributed by atoms with Crippen molar-refractivity contribution < 1.29 is 19.1 Å². The molecule has 7 nitrogen and oxygen atoms in total. The second-order valence-corrected chi connectivity index (χ2v) is 7.94. The zero-order chi connectivity index (χ0) is 23.1. The Morgan fingerprint density at radius 2 is 1.78 bits per heavy atom. The first kappa shape index (κ1) is 23.3. The number of hydrazine groups is 1. The van der Waals surface area contributed by atoms with E-state index < -0.39 is 11.8 Å². The predicted molar refractivity (Wildman–Crippen MR) is 126 cm³/mol. The Kier molecular flexibility index (Phi) is 7.89. The topological polar surface area (TPSA) is 71.1 Å². The van der Waals surface area contributed by atoms with Crippen molar-refractivity contribution in [3.63, 3.8) is 0 Å². The van der Waals surface area contributed by atoms with Gasteiger partial charge in [-0.3, -0.25) is 15.0 Å². The number of carbonyl (C=O) groups is 2. The van der Waals surface area contributed by atoms with E-state index in [1.54, 1.807) is 18.2 Å². The minimum absolute atomic E-state index is 0.0635. The van der Waals surface area contributed by atoms with Crippen molar-refractivity contribution in [2.75, 3.05) is 38.9 Å². The Bertz CT molecular complexity index is 986. The van der Waals surface area contributed by atoms with Crippen LogP contribution in [0.15, 0.2) is 48.0 Å². The summed E-state index contributed by atoms with van der Waals surface area (Å²) in [6, 6.07) is 12.7. The zero-order valence-corrected chi connectivity index (χ0v) is 19.2. The molecule has 1 heterocycles. The number of carbonyl (C=O) groups excluding carboxylic acids is 2.